The molecule has 0 atom stereocenters. The van der Waals surface area contributed by atoms with E-state index in [0.29, 0.717) is 5.89 Å². The van der Waals surface area contributed by atoms with Crippen LogP contribution < -0.4 is 0 Å². The Labute approximate surface area is 124 Å². The van der Waals surface area contributed by atoms with Crippen LogP contribution in [0.1, 0.15) is 0 Å². The van der Waals surface area contributed by atoms with Gasteiger partial charge in [0.05, 0.1) is 0 Å². The molecule has 0 unspecified atom stereocenters. The summed E-state index contributed by atoms with van der Waals surface area (Å²) in [6.07, 6.45) is 0. The lowest BCUT2D eigenvalue weighted by Gasteiger charge is -1.99. The van der Waals surface area contributed by atoms with Crippen molar-refractivity contribution in [3.05, 3.63) is 65.1 Å². The fourth-order valence-electron chi connectivity index (χ4n) is 2.41. The van der Waals surface area contributed by atoms with Crippen molar-refractivity contribution in [3.8, 4) is 11.5 Å². The minimum Gasteiger partial charge on any atom is -0.436 e. The Kier molecular flexibility index (Phi) is 2.60. The van der Waals surface area contributed by atoms with Crippen LogP contribution in [-0.4, -0.2) is 4.98 Å². The quantitative estimate of drug-likeness (QED) is 0.468. The third-order valence-electron chi connectivity index (χ3n) is 3.38. The summed E-state index contributed by atoms with van der Waals surface area (Å²) in [5, 5.41) is 2.25. The monoisotopic (exact) mass is 323 g/mol. The molecule has 0 fully saturated rings. The Morgan fingerprint density at radius 3 is 2.50 bits per heavy atom. The molecule has 4 aromatic rings. The average Bonchev–Trinajstić information content (AvgIpc) is 2.93. The first-order chi connectivity index (χ1) is 9.83. The molecule has 2 nitrogen and oxygen atoms in total. The molecule has 1 aromatic heterocycles. The van der Waals surface area contributed by atoms with Crippen molar-refractivity contribution in [2.75, 3.05) is 0 Å². The SMILES string of the molecule is Brc1cccc2c1ccc1oc(-c3ccccc3)nc12. The highest BCUT2D eigenvalue weighted by molar-refractivity contribution is 9.10. The molecule has 4 rings (SSSR count). The van der Waals surface area contributed by atoms with Gasteiger partial charge < -0.3 is 4.42 Å². The zero-order chi connectivity index (χ0) is 13.5. The van der Waals surface area contributed by atoms with Crippen LogP contribution in [0.5, 0.6) is 0 Å². The zero-order valence-corrected chi connectivity index (χ0v) is 12.1. The highest BCUT2D eigenvalue weighted by Gasteiger charge is 2.11. The van der Waals surface area contributed by atoms with E-state index in [0.717, 1.165) is 31.9 Å². The maximum atomic E-state index is 5.88. The standard InChI is InChI=1S/C17H10BrNO/c18-14-8-4-7-13-12(14)9-10-15-16(13)19-17(20-15)11-5-2-1-3-6-11/h1-10H. The fraction of sp³-hybridized carbons (Fsp3) is 0. The van der Waals surface area contributed by atoms with E-state index in [-0.39, 0.29) is 0 Å². The second-order valence-corrected chi connectivity index (χ2v) is 5.49. The van der Waals surface area contributed by atoms with Gasteiger partial charge in [0.15, 0.2) is 5.58 Å². The molecule has 0 aliphatic rings. The fourth-order valence-corrected chi connectivity index (χ4v) is 2.91. The molecule has 96 valence electrons. The van der Waals surface area contributed by atoms with Crippen molar-refractivity contribution in [1.82, 2.24) is 4.98 Å². The van der Waals surface area contributed by atoms with Crippen LogP contribution in [0.4, 0.5) is 0 Å². The van der Waals surface area contributed by atoms with Crippen LogP contribution in [0.15, 0.2) is 69.6 Å². The van der Waals surface area contributed by atoms with Crippen LogP contribution in [0.2, 0.25) is 0 Å². The number of fused-ring (bicyclic) bond motifs is 3. The van der Waals surface area contributed by atoms with Crippen molar-refractivity contribution < 1.29 is 4.42 Å². The predicted octanol–water partition coefficient (Wildman–Crippen LogP) is 5.41. The van der Waals surface area contributed by atoms with Crippen molar-refractivity contribution >= 4 is 37.8 Å². The minimum absolute atomic E-state index is 0.660. The first-order valence-electron chi connectivity index (χ1n) is 6.36. The van der Waals surface area contributed by atoms with E-state index >= 15 is 0 Å². The van der Waals surface area contributed by atoms with E-state index in [4.69, 9.17) is 4.42 Å². The lowest BCUT2D eigenvalue weighted by molar-refractivity contribution is 0.620. The molecule has 20 heavy (non-hydrogen) atoms. The first-order valence-corrected chi connectivity index (χ1v) is 7.15. The molecule has 0 saturated carbocycles. The van der Waals surface area contributed by atoms with E-state index < -0.39 is 0 Å². The second kappa shape index (κ2) is 4.46. The smallest absolute Gasteiger partial charge is 0.227 e. The molecule has 1 heterocycles. The van der Waals surface area contributed by atoms with Gasteiger partial charge >= 0.3 is 0 Å². The second-order valence-electron chi connectivity index (χ2n) is 4.63. The van der Waals surface area contributed by atoms with Gasteiger partial charge in [-0.1, -0.05) is 46.3 Å². The summed E-state index contributed by atoms with van der Waals surface area (Å²) in [5.74, 6) is 0.660. The Morgan fingerprint density at radius 2 is 1.65 bits per heavy atom. The van der Waals surface area contributed by atoms with Crippen LogP contribution in [0.3, 0.4) is 0 Å². The molecular weight excluding hydrogens is 314 g/mol. The number of hydrogen-bond donors (Lipinski definition) is 0. The average molecular weight is 324 g/mol. The molecule has 3 aromatic carbocycles. The highest BCUT2D eigenvalue weighted by Crippen LogP contribution is 2.32. The molecule has 0 radical (unpaired) electrons. The van der Waals surface area contributed by atoms with Crippen LogP contribution >= 0.6 is 15.9 Å². The van der Waals surface area contributed by atoms with Gasteiger partial charge in [0.1, 0.15) is 5.52 Å². The Hall–Kier alpha value is -2.13. The van der Waals surface area contributed by atoms with Gasteiger partial charge in [-0.2, -0.15) is 0 Å². The zero-order valence-electron chi connectivity index (χ0n) is 10.5. The predicted molar refractivity (Wildman–Crippen MR) is 84.7 cm³/mol. The Bertz CT molecular complexity index is 912. The summed E-state index contributed by atoms with van der Waals surface area (Å²) in [6, 6.07) is 20.1. The number of aromatic nitrogens is 1. The van der Waals surface area contributed by atoms with Crippen LogP contribution in [-0.2, 0) is 0 Å². The van der Waals surface area contributed by atoms with Crippen molar-refractivity contribution in [3.63, 3.8) is 0 Å². The molecule has 0 saturated heterocycles. The largest absolute Gasteiger partial charge is 0.436 e. The lowest BCUT2D eigenvalue weighted by atomic mass is 10.1. The number of hydrogen-bond acceptors (Lipinski definition) is 2. The third-order valence-corrected chi connectivity index (χ3v) is 4.08. The minimum atomic E-state index is 0.660. The Balaban J connectivity index is 2.05. The summed E-state index contributed by atoms with van der Waals surface area (Å²) < 4.78 is 6.95. The van der Waals surface area contributed by atoms with Gasteiger partial charge in [-0.15, -0.1) is 0 Å². The molecule has 0 N–H and O–H groups in total. The maximum absolute atomic E-state index is 5.88. The number of benzene rings is 3. The van der Waals surface area contributed by atoms with Crippen molar-refractivity contribution in [2.24, 2.45) is 0 Å². The van der Waals surface area contributed by atoms with Crippen molar-refractivity contribution in [1.29, 1.82) is 0 Å². The summed E-state index contributed by atoms with van der Waals surface area (Å²) in [5.41, 5.74) is 2.71. The summed E-state index contributed by atoms with van der Waals surface area (Å²) >= 11 is 3.58. The Morgan fingerprint density at radius 1 is 0.800 bits per heavy atom. The van der Waals surface area contributed by atoms with Gasteiger partial charge in [-0.25, -0.2) is 4.98 Å². The molecule has 0 amide bonds. The normalized spacial score (nSPS) is 11.2. The number of nitrogens with zero attached hydrogens (tertiary/aromatic N) is 1. The summed E-state index contributed by atoms with van der Waals surface area (Å²) in [7, 11) is 0. The van der Waals surface area contributed by atoms with E-state index in [2.05, 4.69) is 33.0 Å². The van der Waals surface area contributed by atoms with Gasteiger partial charge in [0.25, 0.3) is 0 Å². The van der Waals surface area contributed by atoms with Gasteiger partial charge in [-0.3, -0.25) is 0 Å². The molecule has 0 aliphatic carbocycles. The van der Waals surface area contributed by atoms with E-state index in [1.165, 1.54) is 0 Å². The van der Waals surface area contributed by atoms with Crippen molar-refractivity contribution in [2.45, 2.75) is 0 Å². The van der Waals surface area contributed by atoms with Gasteiger partial charge in [-0.05, 0) is 35.7 Å². The number of oxazole rings is 1. The first kappa shape index (κ1) is 11.7. The number of halogens is 1. The molecule has 3 heteroatoms. The van der Waals surface area contributed by atoms with E-state index in [1.54, 1.807) is 0 Å². The van der Waals surface area contributed by atoms with E-state index in [1.807, 2.05) is 48.5 Å². The van der Waals surface area contributed by atoms with E-state index in [9.17, 15) is 0 Å². The van der Waals surface area contributed by atoms with Gasteiger partial charge in [0, 0.05) is 15.4 Å². The highest BCUT2D eigenvalue weighted by atomic mass is 79.9. The van der Waals surface area contributed by atoms with Gasteiger partial charge in [0.2, 0.25) is 5.89 Å². The summed E-state index contributed by atoms with van der Waals surface area (Å²) in [4.78, 5) is 4.66. The molecule has 0 aliphatic heterocycles. The van der Waals surface area contributed by atoms with Crippen LogP contribution in [0.25, 0.3) is 33.3 Å². The molecule has 0 bridgehead atoms. The topological polar surface area (TPSA) is 26.0 Å². The lowest BCUT2D eigenvalue weighted by Crippen LogP contribution is -1.78. The summed E-state index contributed by atoms with van der Waals surface area (Å²) in [6.45, 7) is 0. The number of rotatable bonds is 1. The molecule has 0 spiro atoms. The third kappa shape index (κ3) is 1.74. The maximum Gasteiger partial charge on any atom is 0.227 e. The molecular formula is C17H10BrNO. The van der Waals surface area contributed by atoms with Crippen LogP contribution in [0, 0.1) is 0 Å².